The van der Waals surface area contributed by atoms with Gasteiger partial charge in [-0.1, -0.05) is 42.5 Å². The standard InChI is InChI=1S/C18H23NO4/c1-17(2)22-15(20)18(13-19(3)4,16(21)23-17)12-8-11-14-9-6-5-7-10-14/h5-11H,12-13H2,1-4H3/b11-8+. The molecule has 1 aliphatic rings. The van der Waals surface area contributed by atoms with E-state index in [1.54, 1.807) is 18.7 Å². The van der Waals surface area contributed by atoms with Gasteiger partial charge in [0, 0.05) is 20.4 Å². The summed E-state index contributed by atoms with van der Waals surface area (Å²) in [5, 5.41) is 0. The molecule has 23 heavy (non-hydrogen) atoms. The number of esters is 2. The molecule has 5 heteroatoms. The zero-order valence-electron chi connectivity index (χ0n) is 14.0. The van der Waals surface area contributed by atoms with Crippen LogP contribution in [-0.4, -0.2) is 43.3 Å². The first-order valence-corrected chi connectivity index (χ1v) is 7.58. The van der Waals surface area contributed by atoms with Crippen LogP contribution in [0.4, 0.5) is 0 Å². The maximum absolute atomic E-state index is 12.5. The van der Waals surface area contributed by atoms with E-state index in [-0.39, 0.29) is 13.0 Å². The molecular weight excluding hydrogens is 294 g/mol. The maximum Gasteiger partial charge on any atom is 0.328 e. The molecule has 0 spiro atoms. The summed E-state index contributed by atoms with van der Waals surface area (Å²) < 4.78 is 10.6. The third kappa shape index (κ3) is 3.99. The van der Waals surface area contributed by atoms with Gasteiger partial charge in [0.1, 0.15) is 0 Å². The second kappa shape index (κ2) is 6.54. The summed E-state index contributed by atoms with van der Waals surface area (Å²) in [5.74, 6) is -2.29. The summed E-state index contributed by atoms with van der Waals surface area (Å²) in [4.78, 5) is 26.9. The van der Waals surface area contributed by atoms with E-state index in [4.69, 9.17) is 9.47 Å². The van der Waals surface area contributed by atoms with E-state index < -0.39 is 23.1 Å². The normalized spacial score (nSPS) is 19.7. The van der Waals surface area contributed by atoms with Crippen molar-refractivity contribution in [3.8, 4) is 0 Å². The van der Waals surface area contributed by atoms with E-state index in [0.717, 1.165) is 5.56 Å². The van der Waals surface area contributed by atoms with Gasteiger partial charge in [-0.3, -0.25) is 9.59 Å². The third-order valence-corrected chi connectivity index (χ3v) is 3.62. The predicted octanol–water partition coefficient (Wildman–Crippen LogP) is 2.47. The molecule has 0 saturated carbocycles. The van der Waals surface area contributed by atoms with Crippen molar-refractivity contribution in [2.45, 2.75) is 26.1 Å². The van der Waals surface area contributed by atoms with Crippen LogP contribution in [0, 0.1) is 5.41 Å². The first-order valence-electron chi connectivity index (χ1n) is 7.58. The Labute approximate surface area is 136 Å². The van der Waals surface area contributed by atoms with Gasteiger partial charge in [-0.25, -0.2) is 0 Å². The summed E-state index contributed by atoms with van der Waals surface area (Å²) in [6.07, 6.45) is 3.94. The number of allylic oxidation sites excluding steroid dienone is 1. The SMILES string of the molecule is CN(C)CC1(C/C=C/c2ccccc2)C(=O)OC(C)(C)OC1=O. The zero-order valence-corrected chi connectivity index (χ0v) is 14.0. The third-order valence-electron chi connectivity index (χ3n) is 3.62. The Morgan fingerprint density at radius 2 is 1.61 bits per heavy atom. The van der Waals surface area contributed by atoms with Crippen LogP contribution in [0.3, 0.4) is 0 Å². The lowest BCUT2D eigenvalue weighted by Gasteiger charge is -2.40. The van der Waals surface area contributed by atoms with Gasteiger partial charge in [0.05, 0.1) is 0 Å². The van der Waals surface area contributed by atoms with Gasteiger partial charge in [0.15, 0.2) is 5.41 Å². The number of nitrogens with zero attached hydrogens (tertiary/aromatic N) is 1. The molecule has 0 aliphatic carbocycles. The molecule has 1 heterocycles. The van der Waals surface area contributed by atoms with E-state index in [1.165, 1.54) is 0 Å². The Morgan fingerprint density at radius 3 is 2.13 bits per heavy atom. The molecule has 1 fully saturated rings. The highest BCUT2D eigenvalue weighted by Gasteiger charge is 2.55. The Morgan fingerprint density at radius 1 is 1.04 bits per heavy atom. The molecule has 0 amide bonds. The lowest BCUT2D eigenvalue weighted by molar-refractivity contribution is -0.251. The second-order valence-corrected chi connectivity index (χ2v) is 6.52. The van der Waals surface area contributed by atoms with Crippen LogP contribution in [0.15, 0.2) is 36.4 Å². The van der Waals surface area contributed by atoms with Crippen LogP contribution < -0.4 is 0 Å². The van der Waals surface area contributed by atoms with Crippen molar-refractivity contribution in [1.29, 1.82) is 0 Å². The summed E-state index contributed by atoms with van der Waals surface area (Å²) >= 11 is 0. The van der Waals surface area contributed by atoms with Gasteiger partial charge in [-0.15, -0.1) is 0 Å². The highest BCUT2D eigenvalue weighted by Crippen LogP contribution is 2.36. The van der Waals surface area contributed by atoms with Crippen LogP contribution >= 0.6 is 0 Å². The molecule has 5 nitrogen and oxygen atoms in total. The smallest absolute Gasteiger partial charge is 0.328 e. The van der Waals surface area contributed by atoms with Crippen molar-refractivity contribution in [1.82, 2.24) is 4.90 Å². The Balaban J connectivity index is 2.24. The molecule has 0 unspecified atom stereocenters. The topological polar surface area (TPSA) is 55.8 Å². The minimum atomic E-state index is -1.33. The predicted molar refractivity (Wildman–Crippen MR) is 87.3 cm³/mol. The van der Waals surface area contributed by atoms with E-state index in [0.29, 0.717) is 0 Å². The average Bonchev–Trinajstić information content (AvgIpc) is 2.44. The van der Waals surface area contributed by atoms with Crippen molar-refractivity contribution >= 4 is 18.0 Å². The molecule has 1 aromatic rings. The fraction of sp³-hybridized carbons (Fsp3) is 0.444. The quantitative estimate of drug-likeness (QED) is 0.617. The Kier molecular flexibility index (Phi) is 4.90. The Bertz CT molecular complexity index is 585. The molecule has 1 aromatic carbocycles. The number of carbonyl (C=O) groups is 2. The number of carbonyl (C=O) groups excluding carboxylic acids is 2. The van der Waals surface area contributed by atoms with Gasteiger partial charge in [0.25, 0.3) is 5.79 Å². The van der Waals surface area contributed by atoms with Gasteiger partial charge in [-0.05, 0) is 26.1 Å². The zero-order chi connectivity index (χ0) is 17.1. The van der Waals surface area contributed by atoms with Crippen molar-refractivity contribution < 1.29 is 19.1 Å². The summed E-state index contributed by atoms with van der Waals surface area (Å²) in [5.41, 5.74) is -0.324. The molecule has 0 radical (unpaired) electrons. The van der Waals surface area contributed by atoms with Gasteiger partial charge < -0.3 is 14.4 Å². The van der Waals surface area contributed by atoms with Gasteiger partial charge >= 0.3 is 11.9 Å². The average molecular weight is 317 g/mol. The number of cyclic esters (lactones) is 2. The first kappa shape index (κ1) is 17.2. The van der Waals surface area contributed by atoms with Crippen molar-refractivity contribution in [2.75, 3.05) is 20.6 Å². The highest BCUT2D eigenvalue weighted by atomic mass is 16.7. The number of hydrogen-bond acceptors (Lipinski definition) is 5. The van der Waals surface area contributed by atoms with E-state index in [1.807, 2.05) is 56.6 Å². The summed E-state index contributed by atoms with van der Waals surface area (Å²) in [6, 6.07) is 9.70. The lowest BCUT2D eigenvalue weighted by atomic mass is 9.82. The summed E-state index contributed by atoms with van der Waals surface area (Å²) in [6.45, 7) is 3.35. The Hall–Kier alpha value is -2.14. The second-order valence-electron chi connectivity index (χ2n) is 6.52. The monoisotopic (exact) mass is 317 g/mol. The summed E-state index contributed by atoms with van der Waals surface area (Å²) in [7, 11) is 3.62. The van der Waals surface area contributed by atoms with Crippen molar-refractivity contribution in [3.63, 3.8) is 0 Å². The van der Waals surface area contributed by atoms with Crippen molar-refractivity contribution in [2.24, 2.45) is 5.41 Å². The molecule has 0 atom stereocenters. The fourth-order valence-electron chi connectivity index (χ4n) is 2.61. The van der Waals surface area contributed by atoms with E-state index in [2.05, 4.69) is 0 Å². The molecule has 0 aromatic heterocycles. The number of ether oxygens (including phenoxy) is 2. The van der Waals surface area contributed by atoms with Gasteiger partial charge in [-0.2, -0.15) is 0 Å². The highest BCUT2D eigenvalue weighted by molar-refractivity contribution is 6.02. The van der Waals surface area contributed by atoms with Gasteiger partial charge in [0.2, 0.25) is 0 Å². The number of hydrogen-bond donors (Lipinski definition) is 0. The lowest BCUT2D eigenvalue weighted by Crippen LogP contribution is -2.57. The van der Waals surface area contributed by atoms with E-state index >= 15 is 0 Å². The van der Waals surface area contributed by atoms with Crippen LogP contribution in [0.2, 0.25) is 0 Å². The van der Waals surface area contributed by atoms with Crippen LogP contribution in [0.25, 0.3) is 6.08 Å². The van der Waals surface area contributed by atoms with Crippen LogP contribution in [0.5, 0.6) is 0 Å². The first-order chi connectivity index (χ1) is 10.8. The molecule has 1 aliphatic heterocycles. The maximum atomic E-state index is 12.5. The molecule has 0 N–H and O–H groups in total. The van der Waals surface area contributed by atoms with E-state index in [9.17, 15) is 9.59 Å². The van der Waals surface area contributed by atoms with Crippen molar-refractivity contribution in [3.05, 3.63) is 42.0 Å². The molecule has 1 saturated heterocycles. The molecular formula is C18H23NO4. The molecule has 124 valence electrons. The largest absolute Gasteiger partial charge is 0.422 e. The number of rotatable bonds is 5. The fourth-order valence-corrected chi connectivity index (χ4v) is 2.61. The number of benzene rings is 1. The minimum absolute atomic E-state index is 0.230. The molecule has 2 rings (SSSR count). The minimum Gasteiger partial charge on any atom is -0.422 e. The van der Waals surface area contributed by atoms with Crippen LogP contribution in [-0.2, 0) is 19.1 Å². The molecule has 0 bridgehead atoms. The van der Waals surface area contributed by atoms with Crippen LogP contribution in [0.1, 0.15) is 25.8 Å².